The number of nitrogens with two attached hydrogens (primary N) is 1. The van der Waals surface area contributed by atoms with Crippen LogP contribution in [0.1, 0.15) is 19.8 Å². The maximum atomic E-state index is 8.99. The Kier molecular flexibility index (Phi) is 1.54. The Morgan fingerprint density at radius 1 is 1.50 bits per heavy atom. The largest absolute Gasteiger partial charge is 0.393 e. The second-order valence-electron chi connectivity index (χ2n) is 2.77. The van der Waals surface area contributed by atoms with Crippen LogP contribution in [0.15, 0.2) is 0 Å². The average molecular weight is 115 g/mol. The van der Waals surface area contributed by atoms with Gasteiger partial charge in [-0.2, -0.15) is 0 Å². The molecular weight excluding hydrogens is 102 g/mol. The molecule has 0 amide bonds. The summed E-state index contributed by atoms with van der Waals surface area (Å²) in [5, 5.41) is 8.99. The van der Waals surface area contributed by atoms with Crippen LogP contribution < -0.4 is 5.73 Å². The standard InChI is InChI=1S/C6H13NO/c1-4-2-5(8)3-6(4)7/h4-6,8H,2-3,7H2,1H3/t4-,5-,6+/m1/s1. The SMILES string of the molecule is C[C@@H]1C[C@@H](O)C[C@@H]1N. The Morgan fingerprint density at radius 2 is 2.12 bits per heavy atom. The first-order chi connectivity index (χ1) is 3.70. The molecule has 0 aliphatic heterocycles. The van der Waals surface area contributed by atoms with Gasteiger partial charge in [-0.25, -0.2) is 0 Å². The minimum Gasteiger partial charge on any atom is -0.393 e. The molecule has 1 aliphatic rings. The second-order valence-corrected chi connectivity index (χ2v) is 2.77. The van der Waals surface area contributed by atoms with Crippen molar-refractivity contribution in [2.45, 2.75) is 31.9 Å². The lowest BCUT2D eigenvalue weighted by Crippen LogP contribution is -2.22. The van der Waals surface area contributed by atoms with E-state index in [1.165, 1.54) is 0 Å². The van der Waals surface area contributed by atoms with Crippen molar-refractivity contribution in [2.75, 3.05) is 0 Å². The quantitative estimate of drug-likeness (QED) is 0.470. The first-order valence-corrected chi connectivity index (χ1v) is 3.14. The van der Waals surface area contributed by atoms with Crippen LogP contribution in [0.3, 0.4) is 0 Å². The van der Waals surface area contributed by atoms with E-state index < -0.39 is 0 Å². The first kappa shape index (κ1) is 6.05. The van der Waals surface area contributed by atoms with Crippen LogP contribution in [-0.4, -0.2) is 17.3 Å². The van der Waals surface area contributed by atoms with Gasteiger partial charge in [0.05, 0.1) is 6.10 Å². The van der Waals surface area contributed by atoms with Gasteiger partial charge in [-0.15, -0.1) is 0 Å². The molecule has 0 saturated heterocycles. The number of rotatable bonds is 0. The van der Waals surface area contributed by atoms with E-state index in [0.29, 0.717) is 5.92 Å². The van der Waals surface area contributed by atoms with Crippen molar-refractivity contribution in [3.63, 3.8) is 0 Å². The maximum Gasteiger partial charge on any atom is 0.0558 e. The molecule has 2 nitrogen and oxygen atoms in total. The highest BCUT2D eigenvalue weighted by Gasteiger charge is 2.26. The van der Waals surface area contributed by atoms with Gasteiger partial charge in [0.25, 0.3) is 0 Å². The smallest absolute Gasteiger partial charge is 0.0558 e. The molecule has 0 spiro atoms. The van der Waals surface area contributed by atoms with Gasteiger partial charge in [0.15, 0.2) is 0 Å². The van der Waals surface area contributed by atoms with E-state index in [1.807, 2.05) is 0 Å². The summed E-state index contributed by atoms with van der Waals surface area (Å²) in [4.78, 5) is 0. The number of aliphatic hydroxyl groups is 1. The lowest BCUT2D eigenvalue weighted by atomic mass is 10.1. The molecule has 0 aromatic carbocycles. The summed E-state index contributed by atoms with van der Waals surface area (Å²) < 4.78 is 0. The molecule has 3 N–H and O–H groups in total. The Morgan fingerprint density at radius 3 is 2.25 bits per heavy atom. The molecule has 0 bridgehead atoms. The summed E-state index contributed by atoms with van der Waals surface area (Å²) in [6.45, 7) is 2.08. The normalized spacial score (nSPS) is 47.6. The highest BCUT2D eigenvalue weighted by molar-refractivity contribution is 4.82. The summed E-state index contributed by atoms with van der Waals surface area (Å²) in [6, 6.07) is 0.241. The molecule has 1 rings (SSSR count). The third kappa shape index (κ3) is 1.01. The highest BCUT2D eigenvalue weighted by atomic mass is 16.3. The summed E-state index contributed by atoms with van der Waals surface area (Å²) in [7, 11) is 0. The molecule has 0 aromatic heterocycles. The van der Waals surface area contributed by atoms with Gasteiger partial charge in [0, 0.05) is 6.04 Å². The van der Waals surface area contributed by atoms with Crippen molar-refractivity contribution in [3.05, 3.63) is 0 Å². The summed E-state index contributed by atoms with van der Waals surface area (Å²) in [5.74, 6) is 0.519. The lowest BCUT2D eigenvalue weighted by molar-refractivity contribution is 0.178. The number of hydrogen-bond acceptors (Lipinski definition) is 2. The molecule has 0 unspecified atom stereocenters. The molecule has 0 radical (unpaired) electrons. The van der Waals surface area contributed by atoms with E-state index in [4.69, 9.17) is 10.8 Å². The van der Waals surface area contributed by atoms with Crippen LogP contribution >= 0.6 is 0 Å². The lowest BCUT2D eigenvalue weighted by Gasteiger charge is -2.04. The fourth-order valence-electron chi connectivity index (χ4n) is 1.25. The predicted molar refractivity (Wildman–Crippen MR) is 32.4 cm³/mol. The monoisotopic (exact) mass is 115 g/mol. The van der Waals surface area contributed by atoms with Crippen LogP contribution in [0.25, 0.3) is 0 Å². The van der Waals surface area contributed by atoms with E-state index in [-0.39, 0.29) is 12.1 Å². The number of aliphatic hydroxyl groups excluding tert-OH is 1. The fourth-order valence-corrected chi connectivity index (χ4v) is 1.25. The van der Waals surface area contributed by atoms with Crippen molar-refractivity contribution >= 4 is 0 Å². The van der Waals surface area contributed by atoms with Gasteiger partial charge in [0.1, 0.15) is 0 Å². The molecule has 3 atom stereocenters. The van der Waals surface area contributed by atoms with Crippen LogP contribution in [0.2, 0.25) is 0 Å². The molecule has 48 valence electrons. The van der Waals surface area contributed by atoms with Crippen molar-refractivity contribution in [1.82, 2.24) is 0 Å². The maximum absolute atomic E-state index is 8.99. The zero-order valence-corrected chi connectivity index (χ0v) is 5.17. The highest BCUT2D eigenvalue weighted by Crippen LogP contribution is 2.23. The van der Waals surface area contributed by atoms with Crippen molar-refractivity contribution in [1.29, 1.82) is 0 Å². The Hall–Kier alpha value is -0.0800. The third-order valence-corrected chi connectivity index (χ3v) is 1.92. The van der Waals surface area contributed by atoms with Gasteiger partial charge in [-0.05, 0) is 18.8 Å². The molecule has 0 aromatic rings. The molecule has 8 heavy (non-hydrogen) atoms. The van der Waals surface area contributed by atoms with E-state index in [0.717, 1.165) is 12.8 Å². The van der Waals surface area contributed by atoms with Crippen molar-refractivity contribution < 1.29 is 5.11 Å². The topological polar surface area (TPSA) is 46.2 Å². The summed E-state index contributed by atoms with van der Waals surface area (Å²) in [5.41, 5.74) is 5.61. The Bertz CT molecular complexity index is 74.6. The second kappa shape index (κ2) is 2.03. The minimum absolute atomic E-state index is 0.125. The van der Waals surface area contributed by atoms with E-state index >= 15 is 0 Å². The third-order valence-electron chi connectivity index (χ3n) is 1.92. The predicted octanol–water partition coefficient (Wildman–Crippen LogP) is 0.104. The molecule has 1 aliphatic carbocycles. The first-order valence-electron chi connectivity index (χ1n) is 3.14. The van der Waals surface area contributed by atoms with Gasteiger partial charge >= 0.3 is 0 Å². The fraction of sp³-hybridized carbons (Fsp3) is 1.00. The van der Waals surface area contributed by atoms with E-state index in [2.05, 4.69) is 6.92 Å². The Labute approximate surface area is 49.7 Å². The van der Waals surface area contributed by atoms with Crippen molar-refractivity contribution in [3.8, 4) is 0 Å². The van der Waals surface area contributed by atoms with Gasteiger partial charge in [-0.3, -0.25) is 0 Å². The van der Waals surface area contributed by atoms with E-state index in [1.54, 1.807) is 0 Å². The molecule has 1 fully saturated rings. The zero-order valence-electron chi connectivity index (χ0n) is 5.17. The average Bonchev–Trinajstić information content (AvgIpc) is 1.85. The summed E-state index contributed by atoms with van der Waals surface area (Å²) in [6.07, 6.45) is 1.56. The van der Waals surface area contributed by atoms with Gasteiger partial charge in [-0.1, -0.05) is 6.92 Å². The van der Waals surface area contributed by atoms with Crippen molar-refractivity contribution in [2.24, 2.45) is 11.7 Å². The molecule has 1 saturated carbocycles. The van der Waals surface area contributed by atoms with Crippen LogP contribution in [0.5, 0.6) is 0 Å². The van der Waals surface area contributed by atoms with Crippen LogP contribution in [0.4, 0.5) is 0 Å². The minimum atomic E-state index is -0.125. The Balaban J connectivity index is 2.39. The van der Waals surface area contributed by atoms with E-state index in [9.17, 15) is 0 Å². The van der Waals surface area contributed by atoms with Gasteiger partial charge in [0.2, 0.25) is 0 Å². The molecule has 0 heterocycles. The van der Waals surface area contributed by atoms with Crippen LogP contribution in [0, 0.1) is 5.92 Å². The molecule has 2 heteroatoms. The molecular formula is C6H13NO. The van der Waals surface area contributed by atoms with Crippen LogP contribution in [-0.2, 0) is 0 Å². The summed E-state index contributed by atoms with van der Waals surface area (Å²) >= 11 is 0. The van der Waals surface area contributed by atoms with Gasteiger partial charge < -0.3 is 10.8 Å². The number of hydrogen-bond donors (Lipinski definition) is 2. The zero-order chi connectivity index (χ0) is 6.15.